The molecule has 3 N–H and O–H groups in total. The van der Waals surface area contributed by atoms with Crippen LogP contribution < -0.4 is 15.8 Å². The number of urea groups is 1. The molecule has 0 unspecified atom stereocenters. The molecule has 0 atom stereocenters. The van der Waals surface area contributed by atoms with Crippen LogP contribution in [0.2, 0.25) is 0 Å². The molecule has 9 heteroatoms. The number of carbonyl (C=O) groups is 1. The van der Waals surface area contributed by atoms with Gasteiger partial charge in [0.2, 0.25) is 0 Å². The van der Waals surface area contributed by atoms with Gasteiger partial charge in [0.05, 0.1) is 18.5 Å². The average molecular weight is 404 g/mol. The average Bonchev–Trinajstić information content (AvgIpc) is 3.14. The second-order valence-electron chi connectivity index (χ2n) is 6.26. The maximum absolute atomic E-state index is 13.3. The van der Waals surface area contributed by atoms with Crippen molar-refractivity contribution in [3.05, 3.63) is 65.9 Å². The number of amides is 2. The van der Waals surface area contributed by atoms with E-state index in [2.05, 4.69) is 10.4 Å². The number of nitrogens with two attached hydrogens (primary N) is 1. The highest BCUT2D eigenvalue weighted by atomic mass is 19.4. The Bertz CT molecular complexity index is 980. The number of hydrogen-bond donors (Lipinski definition) is 2. The first kappa shape index (κ1) is 20.2. The van der Waals surface area contributed by atoms with Gasteiger partial charge in [-0.25, -0.2) is 9.48 Å². The summed E-state index contributed by atoms with van der Waals surface area (Å²) in [6, 6.07) is 14.0. The highest BCUT2D eigenvalue weighted by Gasteiger charge is 2.35. The molecule has 0 saturated heterocycles. The summed E-state index contributed by atoms with van der Waals surface area (Å²) in [5.41, 5.74) is 6.33. The highest BCUT2D eigenvalue weighted by Crippen LogP contribution is 2.33. The smallest absolute Gasteiger partial charge is 0.435 e. The molecular formula is C20H19F3N4O2. The van der Waals surface area contributed by atoms with E-state index in [4.69, 9.17) is 10.5 Å². The van der Waals surface area contributed by atoms with E-state index >= 15 is 0 Å². The van der Waals surface area contributed by atoms with Crippen molar-refractivity contribution in [3.63, 3.8) is 0 Å². The number of primary amides is 1. The molecule has 0 aliphatic rings. The number of methoxy groups -OCH3 is 1. The molecule has 0 spiro atoms. The largest absolute Gasteiger partial charge is 0.497 e. The molecule has 1 aromatic heterocycles. The third kappa shape index (κ3) is 4.87. The summed E-state index contributed by atoms with van der Waals surface area (Å²) in [6.07, 6.45) is -4.01. The van der Waals surface area contributed by atoms with Gasteiger partial charge in [0.25, 0.3) is 0 Å². The number of nitrogens with one attached hydrogen (secondary N) is 1. The number of hydrogen-bond acceptors (Lipinski definition) is 3. The van der Waals surface area contributed by atoms with Crippen LogP contribution in [0.1, 0.15) is 11.3 Å². The SMILES string of the molecule is COc1ccc(-n2nc(C(F)(F)F)cc2-c2ccc(CCNC(N)=O)cc2)cc1. The highest BCUT2D eigenvalue weighted by molar-refractivity contribution is 5.71. The molecule has 1 heterocycles. The fourth-order valence-electron chi connectivity index (χ4n) is 2.82. The lowest BCUT2D eigenvalue weighted by Crippen LogP contribution is -2.30. The Kier molecular flexibility index (Phi) is 5.76. The Hall–Kier alpha value is -3.49. The van der Waals surface area contributed by atoms with Gasteiger partial charge < -0.3 is 15.8 Å². The van der Waals surface area contributed by atoms with E-state index in [1.54, 1.807) is 48.5 Å². The first-order valence-electron chi connectivity index (χ1n) is 8.72. The summed E-state index contributed by atoms with van der Waals surface area (Å²) in [4.78, 5) is 10.7. The lowest BCUT2D eigenvalue weighted by Gasteiger charge is -2.09. The lowest BCUT2D eigenvalue weighted by atomic mass is 10.1. The summed E-state index contributed by atoms with van der Waals surface area (Å²) >= 11 is 0. The third-order valence-corrected chi connectivity index (χ3v) is 4.28. The minimum atomic E-state index is -4.56. The minimum Gasteiger partial charge on any atom is -0.497 e. The van der Waals surface area contributed by atoms with E-state index in [-0.39, 0.29) is 0 Å². The first-order chi connectivity index (χ1) is 13.8. The van der Waals surface area contributed by atoms with Gasteiger partial charge in [-0.2, -0.15) is 18.3 Å². The molecule has 2 aromatic carbocycles. The Morgan fingerprint density at radius 2 is 1.79 bits per heavy atom. The van der Waals surface area contributed by atoms with Crippen molar-refractivity contribution in [1.29, 1.82) is 0 Å². The van der Waals surface area contributed by atoms with Crippen LogP contribution in [0.5, 0.6) is 5.75 Å². The molecule has 0 aliphatic heterocycles. The quantitative estimate of drug-likeness (QED) is 0.656. The minimum absolute atomic E-state index is 0.310. The van der Waals surface area contributed by atoms with Gasteiger partial charge in [0.15, 0.2) is 5.69 Å². The zero-order valence-electron chi connectivity index (χ0n) is 15.5. The van der Waals surface area contributed by atoms with Crippen molar-refractivity contribution >= 4 is 6.03 Å². The number of ether oxygens (including phenoxy) is 1. The van der Waals surface area contributed by atoms with Crippen LogP contribution in [0.15, 0.2) is 54.6 Å². The van der Waals surface area contributed by atoms with Crippen molar-refractivity contribution < 1.29 is 22.7 Å². The molecular weight excluding hydrogens is 385 g/mol. The molecule has 0 fully saturated rings. The predicted molar refractivity (Wildman–Crippen MR) is 102 cm³/mol. The lowest BCUT2D eigenvalue weighted by molar-refractivity contribution is -0.141. The molecule has 2 amide bonds. The van der Waals surface area contributed by atoms with Crippen LogP contribution in [0.3, 0.4) is 0 Å². The van der Waals surface area contributed by atoms with E-state index in [0.29, 0.717) is 35.7 Å². The van der Waals surface area contributed by atoms with E-state index in [1.165, 1.54) is 11.8 Å². The molecule has 3 aromatic rings. The maximum Gasteiger partial charge on any atom is 0.435 e. The van der Waals surface area contributed by atoms with Gasteiger partial charge >= 0.3 is 12.2 Å². The van der Waals surface area contributed by atoms with E-state index in [1.807, 2.05) is 0 Å². The van der Waals surface area contributed by atoms with Gasteiger partial charge in [-0.3, -0.25) is 0 Å². The number of nitrogens with zero attached hydrogens (tertiary/aromatic N) is 2. The Balaban J connectivity index is 1.94. The van der Waals surface area contributed by atoms with Crippen LogP contribution in [-0.4, -0.2) is 29.5 Å². The zero-order chi connectivity index (χ0) is 21.0. The van der Waals surface area contributed by atoms with Crippen LogP contribution in [-0.2, 0) is 12.6 Å². The molecule has 0 saturated carbocycles. The second kappa shape index (κ2) is 8.26. The molecule has 6 nitrogen and oxygen atoms in total. The standard InChI is InChI=1S/C20H19F3N4O2/c1-29-16-8-6-15(7-9-16)27-17(12-18(26-27)20(21,22)23)14-4-2-13(3-5-14)10-11-25-19(24)28/h2-9,12H,10-11H2,1H3,(H3,24,25,28). The zero-order valence-corrected chi connectivity index (χ0v) is 15.5. The van der Waals surface area contributed by atoms with E-state index in [9.17, 15) is 18.0 Å². The Morgan fingerprint density at radius 3 is 2.34 bits per heavy atom. The summed E-state index contributed by atoms with van der Waals surface area (Å²) in [5, 5.41) is 6.25. The molecule has 0 bridgehead atoms. The molecule has 29 heavy (non-hydrogen) atoms. The predicted octanol–water partition coefficient (Wildman–Crippen LogP) is 3.78. The Morgan fingerprint density at radius 1 is 1.14 bits per heavy atom. The first-order valence-corrected chi connectivity index (χ1v) is 8.72. The normalized spacial score (nSPS) is 11.3. The van der Waals surface area contributed by atoms with E-state index in [0.717, 1.165) is 11.6 Å². The molecule has 0 aliphatic carbocycles. The van der Waals surface area contributed by atoms with Gasteiger partial charge in [0.1, 0.15) is 5.75 Å². The summed E-state index contributed by atoms with van der Waals surface area (Å²) in [5.74, 6) is 0.590. The number of alkyl halides is 3. The number of benzene rings is 2. The van der Waals surface area contributed by atoms with Crippen molar-refractivity contribution in [2.45, 2.75) is 12.6 Å². The number of carbonyl (C=O) groups excluding carboxylic acids is 1. The second-order valence-corrected chi connectivity index (χ2v) is 6.26. The third-order valence-electron chi connectivity index (χ3n) is 4.28. The van der Waals surface area contributed by atoms with Gasteiger partial charge in [-0.1, -0.05) is 24.3 Å². The van der Waals surface area contributed by atoms with Crippen LogP contribution >= 0.6 is 0 Å². The fourth-order valence-corrected chi connectivity index (χ4v) is 2.82. The number of halogens is 3. The maximum atomic E-state index is 13.3. The van der Waals surface area contributed by atoms with Crippen LogP contribution in [0.4, 0.5) is 18.0 Å². The monoisotopic (exact) mass is 404 g/mol. The van der Waals surface area contributed by atoms with Gasteiger partial charge in [-0.15, -0.1) is 0 Å². The van der Waals surface area contributed by atoms with Crippen molar-refractivity contribution in [3.8, 4) is 22.7 Å². The van der Waals surface area contributed by atoms with Crippen LogP contribution in [0.25, 0.3) is 16.9 Å². The van der Waals surface area contributed by atoms with E-state index < -0.39 is 17.9 Å². The van der Waals surface area contributed by atoms with Gasteiger partial charge in [0, 0.05) is 12.1 Å². The molecule has 152 valence electrons. The summed E-state index contributed by atoms with van der Waals surface area (Å²) < 4.78 is 46.1. The molecule has 0 radical (unpaired) electrons. The molecule has 3 rings (SSSR count). The number of rotatable bonds is 6. The fraction of sp³-hybridized carbons (Fsp3) is 0.200. The van der Waals surface area contributed by atoms with Crippen molar-refractivity contribution in [1.82, 2.24) is 15.1 Å². The number of aromatic nitrogens is 2. The summed E-state index contributed by atoms with van der Waals surface area (Å²) in [6.45, 7) is 0.372. The van der Waals surface area contributed by atoms with Crippen molar-refractivity contribution in [2.75, 3.05) is 13.7 Å². The van der Waals surface area contributed by atoms with Crippen LogP contribution in [0, 0.1) is 0 Å². The summed E-state index contributed by atoms with van der Waals surface area (Å²) in [7, 11) is 1.51. The topological polar surface area (TPSA) is 82.2 Å². The Labute approximate surface area is 165 Å². The van der Waals surface area contributed by atoms with Crippen molar-refractivity contribution in [2.24, 2.45) is 5.73 Å². The van der Waals surface area contributed by atoms with Gasteiger partial charge in [-0.05, 0) is 42.3 Å².